The van der Waals surface area contributed by atoms with Gasteiger partial charge in [0, 0.05) is 19.3 Å². The first kappa shape index (κ1) is 12.1. The van der Waals surface area contributed by atoms with Crippen LogP contribution in [0, 0.1) is 12.8 Å². The minimum atomic E-state index is -4.11. The second-order valence-corrected chi connectivity index (χ2v) is 4.29. The van der Waals surface area contributed by atoms with Crippen molar-refractivity contribution in [1.82, 2.24) is 9.97 Å². The molecule has 1 atom stereocenters. The summed E-state index contributed by atoms with van der Waals surface area (Å²) >= 11 is 0. The fourth-order valence-corrected chi connectivity index (χ4v) is 2.07. The lowest BCUT2D eigenvalue weighted by molar-refractivity contribution is -0.176. The Morgan fingerprint density at radius 1 is 1.41 bits per heavy atom. The Morgan fingerprint density at radius 2 is 2.18 bits per heavy atom. The molecular formula is C11H14F3N3. The predicted molar refractivity (Wildman–Crippen MR) is 57.8 cm³/mol. The Bertz CT molecular complexity index is 392. The summed E-state index contributed by atoms with van der Waals surface area (Å²) in [6, 6.07) is 1.66. The molecule has 94 valence electrons. The monoisotopic (exact) mass is 245 g/mol. The normalized spacial score (nSPS) is 21.6. The Balaban J connectivity index is 2.12. The fraction of sp³-hybridized carbons (Fsp3) is 0.636. The maximum atomic E-state index is 12.7. The number of piperidine rings is 1. The summed E-state index contributed by atoms with van der Waals surface area (Å²) in [5.74, 6) is -0.0744. The van der Waals surface area contributed by atoms with Gasteiger partial charge in [-0.25, -0.2) is 9.97 Å². The van der Waals surface area contributed by atoms with Gasteiger partial charge in [-0.15, -0.1) is 0 Å². The summed E-state index contributed by atoms with van der Waals surface area (Å²) in [7, 11) is 0. The maximum Gasteiger partial charge on any atom is 0.393 e. The number of hydrogen-bond acceptors (Lipinski definition) is 3. The predicted octanol–water partition coefficient (Wildman–Crippen LogP) is 2.56. The fourth-order valence-electron chi connectivity index (χ4n) is 2.07. The van der Waals surface area contributed by atoms with E-state index in [1.54, 1.807) is 24.1 Å². The molecule has 0 amide bonds. The Hall–Kier alpha value is -1.33. The van der Waals surface area contributed by atoms with Gasteiger partial charge in [0.1, 0.15) is 11.6 Å². The average molecular weight is 245 g/mol. The molecule has 1 fully saturated rings. The van der Waals surface area contributed by atoms with Crippen LogP contribution in [0.4, 0.5) is 19.0 Å². The van der Waals surface area contributed by atoms with Gasteiger partial charge in [-0.1, -0.05) is 0 Å². The van der Waals surface area contributed by atoms with Crippen LogP contribution < -0.4 is 4.90 Å². The van der Waals surface area contributed by atoms with Gasteiger partial charge in [0.2, 0.25) is 0 Å². The van der Waals surface area contributed by atoms with Crippen molar-refractivity contribution in [3.63, 3.8) is 0 Å². The van der Waals surface area contributed by atoms with Gasteiger partial charge in [-0.3, -0.25) is 0 Å². The molecule has 1 aliphatic heterocycles. The second-order valence-electron chi connectivity index (χ2n) is 4.29. The largest absolute Gasteiger partial charge is 0.393 e. The number of aryl methyl sites for hydroxylation is 1. The van der Waals surface area contributed by atoms with Gasteiger partial charge >= 0.3 is 6.18 Å². The summed E-state index contributed by atoms with van der Waals surface area (Å²) < 4.78 is 38.0. The molecular weight excluding hydrogens is 231 g/mol. The molecule has 1 aromatic heterocycles. The molecule has 1 aromatic rings. The van der Waals surface area contributed by atoms with E-state index in [-0.39, 0.29) is 13.0 Å². The van der Waals surface area contributed by atoms with Gasteiger partial charge < -0.3 is 4.90 Å². The molecule has 1 aliphatic rings. The first-order chi connectivity index (χ1) is 7.97. The van der Waals surface area contributed by atoms with Crippen LogP contribution in [0.2, 0.25) is 0 Å². The molecule has 0 bridgehead atoms. The van der Waals surface area contributed by atoms with E-state index < -0.39 is 12.1 Å². The van der Waals surface area contributed by atoms with Crippen LogP contribution in [0.25, 0.3) is 0 Å². The van der Waals surface area contributed by atoms with E-state index in [4.69, 9.17) is 0 Å². The number of halogens is 3. The molecule has 0 N–H and O–H groups in total. The summed E-state index contributed by atoms with van der Waals surface area (Å²) in [5.41, 5.74) is 0. The zero-order valence-corrected chi connectivity index (χ0v) is 9.54. The molecule has 17 heavy (non-hydrogen) atoms. The minimum absolute atomic E-state index is 0.0000463. The Kier molecular flexibility index (Phi) is 3.22. The standard InChI is InChI=1S/C11H14F3N3/c1-8-15-5-4-10(16-8)17-6-2-3-9(7-17)11(12,13)14/h4-5,9H,2-3,6-7H2,1H3. The van der Waals surface area contributed by atoms with Crippen LogP contribution in [0.3, 0.4) is 0 Å². The first-order valence-electron chi connectivity index (χ1n) is 5.58. The number of nitrogens with zero attached hydrogens (tertiary/aromatic N) is 3. The smallest absolute Gasteiger partial charge is 0.356 e. The molecule has 3 nitrogen and oxygen atoms in total. The summed E-state index contributed by atoms with van der Waals surface area (Å²) in [5, 5.41) is 0. The number of hydrogen-bond donors (Lipinski definition) is 0. The summed E-state index contributed by atoms with van der Waals surface area (Å²) in [4.78, 5) is 9.79. The van der Waals surface area contributed by atoms with E-state index in [1.807, 2.05) is 0 Å². The Morgan fingerprint density at radius 3 is 2.82 bits per heavy atom. The highest BCUT2D eigenvalue weighted by Gasteiger charge is 2.42. The highest BCUT2D eigenvalue weighted by atomic mass is 19.4. The van der Waals surface area contributed by atoms with E-state index >= 15 is 0 Å². The van der Waals surface area contributed by atoms with Gasteiger partial charge in [-0.2, -0.15) is 13.2 Å². The zero-order chi connectivity index (χ0) is 12.5. The van der Waals surface area contributed by atoms with Crippen molar-refractivity contribution < 1.29 is 13.2 Å². The highest BCUT2D eigenvalue weighted by molar-refractivity contribution is 5.38. The molecule has 1 saturated heterocycles. The van der Waals surface area contributed by atoms with Crippen LogP contribution in [-0.2, 0) is 0 Å². The zero-order valence-electron chi connectivity index (χ0n) is 9.54. The molecule has 0 spiro atoms. The molecule has 6 heteroatoms. The summed E-state index contributed by atoms with van der Waals surface area (Å²) in [6.45, 7) is 2.36. The molecule has 0 saturated carbocycles. The molecule has 0 aromatic carbocycles. The van der Waals surface area contributed by atoms with Crippen molar-refractivity contribution >= 4 is 5.82 Å². The van der Waals surface area contributed by atoms with Gasteiger partial charge in [0.25, 0.3) is 0 Å². The van der Waals surface area contributed by atoms with E-state index in [2.05, 4.69) is 9.97 Å². The van der Waals surface area contributed by atoms with Crippen molar-refractivity contribution in [3.8, 4) is 0 Å². The van der Waals surface area contributed by atoms with Crippen molar-refractivity contribution in [3.05, 3.63) is 18.1 Å². The number of rotatable bonds is 1. The lowest BCUT2D eigenvalue weighted by Gasteiger charge is -2.34. The van der Waals surface area contributed by atoms with Crippen molar-refractivity contribution in [2.24, 2.45) is 5.92 Å². The molecule has 1 unspecified atom stereocenters. The Labute approximate surface area is 97.7 Å². The van der Waals surface area contributed by atoms with E-state index in [9.17, 15) is 13.2 Å². The van der Waals surface area contributed by atoms with Crippen LogP contribution >= 0.6 is 0 Å². The van der Waals surface area contributed by atoms with E-state index in [1.165, 1.54) is 0 Å². The number of alkyl halides is 3. The van der Waals surface area contributed by atoms with Gasteiger partial charge in [0.05, 0.1) is 5.92 Å². The highest BCUT2D eigenvalue weighted by Crippen LogP contribution is 2.34. The van der Waals surface area contributed by atoms with Crippen LogP contribution in [0.15, 0.2) is 12.3 Å². The number of aromatic nitrogens is 2. The quantitative estimate of drug-likeness (QED) is 0.761. The molecule has 0 aliphatic carbocycles. The minimum Gasteiger partial charge on any atom is -0.356 e. The van der Waals surface area contributed by atoms with Crippen molar-refractivity contribution in [1.29, 1.82) is 0 Å². The van der Waals surface area contributed by atoms with Crippen molar-refractivity contribution in [2.45, 2.75) is 25.9 Å². The first-order valence-corrected chi connectivity index (χ1v) is 5.58. The van der Waals surface area contributed by atoms with Gasteiger partial charge in [0.15, 0.2) is 0 Å². The molecule has 2 heterocycles. The van der Waals surface area contributed by atoms with Crippen LogP contribution in [0.1, 0.15) is 18.7 Å². The molecule has 0 radical (unpaired) electrons. The topological polar surface area (TPSA) is 29.0 Å². The van der Waals surface area contributed by atoms with Crippen LogP contribution in [-0.4, -0.2) is 29.2 Å². The summed E-state index contributed by atoms with van der Waals surface area (Å²) in [6.07, 6.45) is -1.77. The van der Waals surface area contributed by atoms with E-state index in [0.29, 0.717) is 24.6 Å². The second kappa shape index (κ2) is 4.50. The SMILES string of the molecule is Cc1nccc(N2CCCC(C(F)(F)F)C2)n1. The van der Waals surface area contributed by atoms with Gasteiger partial charge in [-0.05, 0) is 25.8 Å². The third-order valence-electron chi connectivity index (χ3n) is 2.97. The number of anilines is 1. The third kappa shape index (κ3) is 2.87. The lowest BCUT2D eigenvalue weighted by atomic mass is 9.97. The van der Waals surface area contributed by atoms with Crippen molar-refractivity contribution in [2.75, 3.05) is 18.0 Å². The van der Waals surface area contributed by atoms with Crippen LogP contribution in [0.5, 0.6) is 0 Å². The molecule has 2 rings (SSSR count). The van der Waals surface area contributed by atoms with E-state index in [0.717, 1.165) is 0 Å². The maximum absolute atomic E-state index is 12.7. The average Bonchev–Trinajstić information content (AvgIpc) is 2.28. The lowest BCUT2D eigenvalue weighted by Crippen LogP contribution is -2.42. The third-order valence-corrected chi connectivity index (χ3v) is 2.97.